The van der Waals surface area contributed by atoms with Crippen molar-refractivity contribution in [3.8, 4) is 0 Å². The highest BCUT2D eigenvalue weighted by molar-refractivity contribution is 7.13. The van der Waals surface area contributed by atoms with Gasteiger partial charge in [-0.2, -0.15) is 0 Å². The summed E-state index contributed by atoms with van der Waals surface area (Å²) in [5.41, 5.74) is 2.01. The number of ether oxygens (including phenoxy) is 1. The van der Waals surface area contributed by atoms with Crippen LogP contribution in [0.15, 0.2) is 51.5 Å². The molecular formula is C20H20N4O4S. The van der Waals surface area contributed by atoms with Crippen LogP contribution in [0.3, 0.4) is 0 Å². The highest BCUT2D eigenvalue weighted by Crippen LogP contribution is 2.21. The van der Waals surface area contributed by atoms with Crippen molar-refractivity contribution < 1.29 is 9.53 Å². The molecule has 1 aromatic carbocycles. The van der Waals surface area contributed by atoms with E-state index in [-0.39, 0.29) is 12.2 Å². The molecule has 0 saturated heterocycles. The van der Waals surface area contributed by atoms with Gasteiger partial charge in [0.25, 0.3) is 5.56 Å². The van der Waals surface area contributed by atoms with E-state index in [9.17, 15) is 14.4 Å². The maximum absolute atomic E-state index is 12.0. The van der Waals surface area contributed by atoms with Crippen LogP contribution in [0.4, 0.5) is 10.8 Å². The molecule has 0 aliphatic carbocycles. The molecule has 0 saturated carbocycles. The highest BCUT2D eigenvalue weighted by atomic mass is 32.1. The molecule has 1 N–H and O–H groups in total. The molecule has 0 unspecified atom stereocenters. The lowest BCUT2D eigenvalue weighted by Crippen LogP contribution is -2.37. The lowest BCUT2D eigenvalue weighted by atomic mass is 10.2. The molecular weight excluding hydrogens is 392 g/mol. The molecule has 0 aliphatic rings. The molecule has 3 aromatic rings. The lowest BCUT2D eigenvalue weighted by molar-refractivity contribution is -0.139. The minimum Gasteiger partial charge on any atom is -0.456 e. The number of anilines is 2. The van der Waals surface area contributed by atoms with Crippen molar-refractivity contribution in [1.29, 1.82) is 0 Å². The van der Waals surface area contributed by atoms with Crippen molar-refractivity contribution in [1.82, 2.24) is 14.1 Å². The SMILES string of the molecule is Cc1ccc(Nc2nc(COC(=O)/C=C/c3cn(C)c(=O)n(C)c3=O)cs2)cc1. The average molecular weight is 412 g/mol. The smallest absolute Gasteiger partial charge is 0.331 e. The molecule has 9 heteroatoms. The number of nitrogens with one attached hydrogen (secondary N) is 1. The van der Waals surface area contributed by atoms with E-state index in [1.807, 2.05) is 31.2 Å². The Morgan fingerprint density at radius 1 is 1.24 bits per heavy atom. The second kappa shape index (κ2) is 8.70. The molecule has 29 heavy (non-hydrogen) atoms. The third-order valence-corrected chi connectivity index (χ3v) is 4.90. The lowest BCUT2D eigenvalue weighted by Gasteiger charge is -2.03. The van der Waals surface area contributed by atoms with Crippen LogP contribution < -0.4 is 16.6 Å². The Labute approximate surface area is 170 Å². The van der Waals surface area contributed by atoms with Gasteiger partial charge in [-0.05, 0) is 25.1 Å². The van der Waals surface area contributed by atoms with Gasteiger partial charge in [-0.15, -0.1) is 11.3 Å². The summed E-state index contributed by atoms with van der Waals surface area (Å²) < 4.78 is 7.41. The van der Waals surface area contributed by atoms with Gasteiger partial charge in [0, 0.05) is 37.4 Å². The molecule has 2 aromatic heterocycles. The maximum atomic E-state index is 12.0. The fourth-order valence-corrected chi connectivity index (χ4v) is 3.21. The minimum absolute atomic E-state index is 0.0144. The fraction of sp³-hybridized carbons (Fsp3) is 0.200. The molecule has 0 radical (unpaired) electrons. The van der Waals surface area contributed by atoms with Crippen molar-refractivity contribution in [2.45, 2.75) is 13.5 Å². The Morgan fingerprint density at radius 2 is 1.97 bits per heavy atom. The normalized spacial score (nSPS) is 11.0. The minimum atomic E-state index is -0.609. The molecule has 0 bridgehead atoms. The first kappa shape index (κ1) is 20.3. The number of carbonyl (C=O) groups is 1. The Morgan fingerprint density at radius 3 is 2.69 bits per heavy atom. The predicted molar refractivity (Wildman–Crippen MR) is 112 cm³/mol. The van der Waals surface area contributed by atoms with Crippen LogP contribution in [0.5, 0.6) is 0 Å². The molecule has 150 valence electrons. The summed E-state index contributed by atoms with van der Waals surface area (Å²) in [6.45, 7) is 2.03. The zero-order chi connectivity index (χ0) is 21.0. The van der Waals surface area contributed by atoms with Gasteiger partial charge in [0.1, 0.15) is 6.61 Å². The van der Waals surface area contributed by atoms with Crippen molar-refractivity contribution >= 4 is 34.2 Å². The number of nitrogens with zero attached hydrogens (tertiary/aromatic N) is 3. The van der Waals surface area contributed by atoms with Gasteiger partial charge in [-0.25, -0.2) is 14.6 Å². The summed E-state index contributed by atoms with van der Waals surface area (Å²) in [7, 11) is 2.91. The summed E-state index contributed by atoms with van der Waals surface area (Å²) in [6, 6.07) is 7.93. The number of rotatable bonds is 6. The molecule has 0 amide bonds. The van der Waals surface area contributed by atoms with E-state index in [1.54, 1.807) is 5.38 Å². The number of aromatic nitrogens is 3. The van der Waals surface area contributed by atoms with E-state index in [1.165, 1.54) is 47.8 Å². The van der Waals surface area contributed by atoms with Crippen LogP contribution in [0.1, 0.15) is 16.8 Å². The van der Waals surface area contributed by atoms with Gasteiger partial charge in [-0.1, -0.05) is 17.7 Å². The van der Waals surface area contributed by atoms with Crippen molar-refractivity contribution in [2.24, 2.45) is 14.1 Å². The zero-order valence-electron chi connectivity index (χ0n) is 16.2. The number of aryl methyl sites for hydroxylation is 2. The Balaban J connectivity index is 1.58. The van der Waals surface area contributed by atoms with E-state index in [0.717, 1.165) is 16.3 Å². The zero-order valence-corrected chi connectivity index (χ0v) is 17.0. The summed E-state index contributed by atoms with van der Waals surface area (Å²) in [5.74, 6) is -0.609. The summed E-state index contributed by atoms with van der Waals surface area (Å²) >= 11 is 1.41. The summed E-state index contributed by atoms with van der Waals surface area (Å²) in [5, 5.41) is 5.70. The maximum Gasteiger partial charge on any atom is 0.331 e. The summed E-state index contributed by atoms with van der Waals surface area (Å²) in [4.78, 5) is 40.0. The molecule has 3 rings (SSSR count). The van der Waals surface area contributed by atoms with E-state index >= 15 is 0 Å². The van der Waals surface area contributed by atoms with Gasteiger partial charge in [0.2, 0.25) is 0 Å². The van der Waals surface area contributed by atoms with Gasteiger partial charge < -0.3 is 14.6 Å². The third kappa shape index (κ3) is 5.08. The van der Waals surface area contributed by atoms with E-state index in [4.69, 9.17) is 4.74 Å². The van der Waals surface area contributed by atoms with Crippen molar-refractivity contribution in [3.05, 3.63) is 79.6 Å². The van der Waals surface area contributed by atoms with E-state index in [2.05, 4.69) is 10.3 Å². The summed E-state index contributed by atoms with van der Waals surface area (Å²) in [6.07, 6.45) is 3.85. The monoisotopic (exact) mass is 412 g/mol. The van der Waals surface area contributed by atoms with Crippen LogP contribution in [0, 0.1) is 6.92 Å². The van der Waals surface area contributed by atoms with Gasteiger partial charge >= 0.3 is 11.7 Å². The van der Waals surface area contributed by atoms with Crippen molar-refractivity contribution in [2.75, 3.05) is 5.32 Å². The average Bonchev–Trinajstić information content (AvgIpc) is 3.15. The van der Waals surface area contributed by atoms with Crippen LogP contribution in [-0.4, -0.2) is 20.1 Å². The van der Waals surface area contributed by atoms with Crippen LogP contribution in [-0.2, 0) is 30.2 Å². The topological polar surface area (TPSA) is 95.2 Å². The highest BCUT2D eigenvalue weighted by Gasteiger charge is 2.07. The second-order valence-electron chi connectivity index (χ2n) is 6.42. The number of thiazole rings is 1. The first-order valence-corrected chi connectivity index (χ1v) is 9.61. The third-order valence-electron chi connectivity index (χ3n) is 4.09. The number of hydrogen-bond donors (Lipinski definition) is 1. The first-order chi connectivity index (χ1) is 13.8. The standard InChI is InChI=1S/C20H20N4O4S/c1-13-4-7-15(8-5-13)21-19-22-16(12-29-19)11-28-17(25)9-6-14-10-23(2)20(27)24(3)18(14)26/h4-10,12H,11H2,1-3H3,(H,21,22)/b9-6+. The van der Waals surface area contributed by atoms with Gasteiger partial charge in [0.05, 0.1) is 11.3 Å². The molecule has 0 fully saturated rings. The van der Waals surface area contributed by atoms with Crippen molar-refractivity contribution in [3.63, 3.8) is 0 Å². The number of hydrogen-bond acceptors (Lipinski definition) is 7. The molecule has 0 aliphatic heterocycles. The predicted octanol–water partition coefficient (Wildman–Crippen LogP) is 2.35. The second-order valence-corrected chi connectivity index (χ2v) is 7.28. The Kier molecular flexibility index (Phi) is 6.08. The van der Waals surface area contributed by atoms with Crippen LogP contribution in [0.2, 0.25) is 0 Å². The molecule has 8 nitrogen and oxygen atoms in total. The first-order valence-electron chi connectivity index (χ1n) is 8.73. The number of benzene rings is 1. The van der Waals surface area contributed by atoms with Crippen LogP contribution >= 0.6 is 11.3 Å². The quantitative estimate of drug-likeness (QED) is 0.493. The fourth-order valence-electron chi connectivity index (χ4n) is 2.49. The Hall–Kier alpha value is -3.46. The van der Waals surface area contributed by atoms with E-state index < -0.39 is 17.2 Å². The molecule has 2 heterocycles. The Bertz CT molecular complexity index is 1170. The van der Waals surface area contributed by atoms with Gasteiger partial charge in [-0.3, -0.25) is 9.36 Å². The van der Waals surface area contributed by atoms with Gasteiger partial charge in [0.15, 0.2) is 5.13 Å². The van der Waals surface area contributed by atoms with Crippen LogP contribution in [0.25, 0.3) is 6.08 Å². The number of carbonyl (C=O) groups excluding carboxylic acids is 1. The largest absolute Gasteiger partial charge is 0.456 e. The van der Waals surface area contributed by atoms with E-state index in [0.29, 0.717) is 10.8 Å². The molecule has 0 atom stereocenters. The number of esters is 1. The molecule has 0 spiro atoms.